The van der Waals surface area contributed by atoms with Crippen LogP contribution >= 0.6 is 11.3 Å². The van der Waals surface area contributed by atoms with Crippen LogP contribution in [0.2, 0.25) is 0 Å². The van der Waals surface area contributed by atoms with Crippen molar-refractivity contribution in [1.82, 2.24) is 10.3 Å². The molecule has 234 valence electrons. The van der Waals surface area contributed by atoms with E-state index in [-0.39, 0.29) is 34.8 Å². The predicted octanol–water partition coefficient (Wildman–Crippen LogP) is 5.56. The van der Waals surface area contributed by atoms with Gasteiger partial charge in [0.15, 0.2) is 9.84 Å². The number of carbonyl (C=O) groups is 1. The largest absolute Gasteiger partial charge is 0.386 e. The number of aliphatic imine (C=N–C) groups is 1. The van der Waals surface area contributed by atoms with Gasteiger partial charge in [0, 0.05) is 49.4 Å². The Kier molecular flexibility index (Phi) is 8.45. The molecule has 2 heterocycles. The number of aliphatic hydroxyl groups is 1. The zero-order valence-corrected chi connectivity index (χ0v) is 27.4. The van der Waals surface area contributed by atoms with Gasteiger partial charge in [0.25, 0.3) is 0 Å². The summed E-state index contributed by atoms with van der Waals surface area (Å²) in [6.45, 7) is 4.56. The summed E-state index contributed by atoms with van der Waals surface area (Å²) in [5.74, 6) is 0.297. The zero-order valence-electron chi connectivity index (χ0n) is 25.8. The van der Waals surface area contributed by atoms with E-state index in [4.69, 9.17) is 4.98 Å². The summed E-state index contributed by atoms with van der Waals surface area (Å²) in [5.41, 5.74) is 3.63. The molecule has 3 aliphatic rings. The molecule has 6 rings (SSSR count). The monoisotopic (exact) mass is 634 g/mol. The Morgan fingerprint density at radius 2 is 1.68 bits per heavy atom. The number of benzene rings is 2. The van der Waals surface area contributed by atoms with E-state index < -0.39 is 15.4 Å². The van der Waals surface area contributed by atoms with Crippen molar-refractivity contribution in [3.63, 3.8) is 0 Å². The van der Waals surface area contributed by atoms with Crippen LogP contribution in [-0.2, 0) is 20.2 Å². The topological polar surface area (TPSA) is 112 Å². The number of nitrogens with one attached hydrogen (secondary N) is 1. The van der Waals surface area contributed by atoms with Crippen LogP contribution in [0.15, 0.2) is 53.5 Å². The van der Waals surface area contributed by atoms with Crippen molar-refractivity contribution in [3.8, 4) is 21.0 Å². The average Bonchev–Trinajstić information content (AvgIpc) is 3.61. The van der Waals surface area contributed by atoms with E-state index in [9.17, 15) is 18.3 Å². The first-order valence-corrected chi connectivity index (χ1v) is 18.3. The molecule has 10 heteroatoms. The highest BCUT2D eigenvalue weighted by molar-refractivity contribution is 7.91. The van der Waals surface area contributed by atoms with Crippen molar-refractivity contribution in [2.45, 2.75) is 69.4 Å². The van der Waals surface area contributed by atoms with Gasteiger partial charge in [-0.25, -0.2) is 13.4 Å². The molecule has 1 aliphatic heterocycles. The highest BCUT2D eigenvalue weighted by Gasteiger charge is 2.45. The molecule has 0 bridgehead atoms. The number of anilines is 1. The van der Waals surface area contributed by atoms with Crippen LogP contribution in [0.1, 0.15) is 69.5 Å². The van der Waals surface area contributed by atoms with Gasteiger partial charge >= 0.3 is 0 Å². The first-order valence-electron chi connectivity index (χ1n) is 15.6. The first kappa shape index (κ1) is 30.9. The Labute approximate surface area is 264 Å². The molecule has 2 aromatic carbocycles. The minimum absolute atomic E-state index is 0.000686. The second-order valence-corrected chi connectivity index (χ2v) is 16.4. The van der Waals surface area contributed by atoms with Crippen molar-refractivity contribution in [1.29, 1.82) is 0 Å². The molecule has 2 saturated carbocycles. The lowest BCUT2D eigenvalue weighted by molar-refractivity contribution is -0.127. The highest BCUT2D eigenvalue weighted by atomic mass is 32.2. The van der Waals surface area contributed by atoms with Crippen molar-refractivity contribution < 1.29 is 18.3 Å². The van der Waals surface area contributed by atoms with Crippen LogP contribution in [0.25, 0.3) is 21.0 Å². The number of thiazole rings is 1. The van der Waals surface area contributed by atoms with Gasteiger partial charge in [-0.2, -0.15) is 0 Å². The predicted molar refractivity (Wildman–Crippen MR) is 178 cm³/mol. The molecule has 8 nitrogen and oxygen atoms in total. The van der Waals surface area contributed by atoms with Gasteiger partial charge in [0.05, 0.1) is 33.2 Å². The number of rotatable bonds is 8. The lowest BCUT2D eigenvalue weighted by Crippen LogP contribution is -2.44. The van der Waals surface area contributed by atoms with Gasteiger partial charge in [-0.3, -0.25) is 9.79 Å². The molecular formula is C34H42N4O4S2. The van der Waals surface area contributed by atoms with Gasteiger partial charge in [0.2, 0.25) is 5.91 Å². The van der Waals surface area contributed by atoms with Crippen LogP contribution in [0, 0.1) is 5.92 Å². The fourth-order valence-corrected chi connectivity index (χ4v) is 8.85. The Morgan fingerprint density at radius 3 is 2.30 bits per heavy atom. The molecule has 1 saturated heterocycles. The summed E-state index contributed by atoms with van der Waals surface area (Å²) < 4.78 is 23.9. The molecule has 3 aromatic rings. The van der Waals surface area contributed by atoms with Crippen molar-refractivity contribution >= 4 is 39.0 Å². The van der Waals surface area contributed by atoms with Crippen LogP contribution in [0.4, 0.5) is 5.69 Å². The third-order valence-electron chi connectivity index (χ3n) is 9.32. The number of aromatic nitrogens is 1. The lowest BCUT2D eigenvalue weighted by Gasteiger charge is -2.31. The molecule has 0 spiro atoms. The minimum Gasteiger partial charge on any atom is -0.386 e. The first-order chi connectivity index (χ1) is 21.0. The number of sulfone groups is 1. The Bertz CT molecular complexity index is 1620. The molecule has 1 aromatic heterocycles. The summed E-state index contributed by atoms with van der Waals surface area (Å²) in [6.07, 6.45) is 7.55. The second kappa shape index (κ2) is 12.0. The molecule has 2 atom stereocenters. The summed E-state index contributed by atoms with van der Waals surface area (Å²) in [4.78, 5) is 26.4. The average molecular weight is 635 g/mol. The van der Waals surface area contributed by atoms with Gasteiger partial charge in [-0.15, -0.1) is 11.3 Å². The zero-order chi connectivity index (χ0) is 31.1. The van der Waals surface area contributed by atoms with Gasteiger partial charge in [0.1, 0.15) is 5.01 Å². The maximum atomic E-state index is 13.8. The second-order valence-electron chi connectivity index (χ2n) is 13.1. The Morgan fingerprint density at radius 1 is 1.05 bits per heavy atom. The molecule has 44 heavy (non-hydrogen) atoms. The van der Waals surface area contributed by atoms with Crippen LogP contribution < -0.4 is 10.2 Å². The van der Waals surface area contributed by atoms with E-state index in [0.717, 1.165) is 76.5 Å². The number of nitrogens with zero attached hydrogens (tertiary/aromatic N) is 3. The number of hydrogen-bond donors (Lipinski definition) is 2. The summed E-state index contributed by atoms with van der Waals surface area (Å²) in [5, 5.41) is 14.7. The quantitative estimate of drug-likeness (QED) is 0.314. The van der Waals surface area contributed by atoms with E-state index in [1.807, 2.05) is 30.5 Å². The van der Waals surface area contributed by atoms with E-state index in [1.165, 1.54) is 0 Å². The maximum absolute atomic E-state index is 13.8. The Balaban J connectivity index is 1.35. The molecule has 1 amide bonds. The third kappa shape index (κ3) is 6.62. The molecule has 3 fully saturated rings. The maximum Gasteiger partial charge on any atom is 0.224 e. The molecule has 0 unspecified atom stereocenters. The van der Waals surface area contributed by atoms with Gasteiger partial charge in [-0.05, 0) is 62.8 Å². The van der Waals surface area contributed by atoms with Gasteiger partial charge in [-0.1, -0.05) is 49.2 Å². The van der Waals surface area contributed by atoms with E-state index >= 15 is 0 Å². The van der Waals surface area contributed by atoms with Crippen molar-refractivity contribution in [2.24, 2.45) is 10.9 Å². The van der Waals surface area contributed by atoms with E-state index in [2.05, 4.69) is 39.5 Å². The van der Waals surface area contributed by atoms with Crippen molar-refractivity contribution in [3.05, 3.63) is 59.8 Å². The standard InChI is InChI=1S/C34H42N4O4S2/c1-33(2,40)25-12-8-24(9-13-25)32-36-29(27-6-4-5-7-28(27)31(39)37-34(16-17-34)22-35-3)30(43-32)23-10-14-26(15-11-23)38-18-20-44(41,42)21-19-38/h8-15,22,27-28,40H,4-7,16-21H2,1-3H3,(H,37,39)/b35-22-/t27-,28-/m1/s1. The lowest BCUT2D eigenvalue weighted by atomic mass is 9.76. The Hall–Kier alpha value is -3.08. The van der Waals surface area contributed by atoms with Crippen LogP contribution in [0.5, 0.6) is 0 Å². The van der Waals surface area contributed by atoms with Crippen LogP contribution in [0.3, 0.4) is 0 Å². The number of carbonyl (C=O) groups excluding carboxylic acids is 1. The molecule has 2 N–H and O–H groups in total. The fraction of sp³-hybridized carbons (Fsp3) is 0.500. The summed E-state index contributed by atoms with van der Waals surface area (Å²) in [6, 6.07) is 16.3. The molecule has 0 radical (unpaired) electrons. The highest BCUT2D eigenvalue weighted by Crippen LogP contribution is 2.47. The smallest absolute Gasteiger partial charge is 0.224 e. The summed E-state index contributed by atoms with van der Waals surface area (Å²) >= 11 is 1.64. The van der Waals surface area contributed by atoms with Crippen LogP contribution in [-0.4, -0.2) is 67.8 Å². The van der Waals surface area contributed by atoms with Gasteiger partial charge < -0.3 is 15.3 Å². The minimum atomic E-state index is -2.95. The molecule has 2 aliphatic carbocycles. The third-order valence-corrected chi connectivity index (χ3v) is 12.1. The van der Waals surface area contributed by atoms with E-state index in [0.29, 0.717) is 13.1 Å². The molecular weight excluding hydrogens is 593 g/mol. The fourth-order valence-electron chi connectivity index (χ4n) is 6.51. The van der Waals surface area contributed by atoms with Crippen molar-refractivity contribution in [2.75, 3.05) is 36.5 Å². The summed E-state index contributed by atoms with van der Waals surface area (Å²) in [7, 11) is -1.20. The number of hydrogen-bond acceptors (Lipinski definition) is 8. The normalized spacial score (nSPS) is 23.0. The number of amides is 1. The van der Waals surface area contributed by atoms with E-state index in [1.54, 1.807) is 32.2 Å². The SMILES string of the molecule is C/N=C\C1(NC(=O)[C@@H]2CCCC[C@H]2c2nc(-c3ccc(C(C)(C)O)cc3)sc2-c2ccc(N3CCS(=O)(=O)CC3)cc2)CC1.